The van der Waals surface area contributed by atoms with Gasteiger partial charge in [-0.15, -0.1) is 5.73 Å². The Bertz CT molecular complexity index is 1300. The van der Waals surface area contributed by atoms with Crippen LogP contribution in [-0.2, 0) is 0 Å². The molecule has 3 saturated carbocycles. The Labute approximate surface area is 307 Å². The summed E-state index contributed by atoms with van der Waals surface area (Å²) in [6.07, 6.45) is 21.0. The molecule has 0 nitrogen and oxygen atoms in total. The average molecular weight is 671 g/mol. The molecule has 13 atom stereocenters. The van der Waals surface area contributed by atoms with Crippen LogP contribution in [0.15, 0.2) is 51.8 Å². The molecule has 0 bridgehead atoms. The lowest BCUT2D eigenvalue weighted by Crippen LogP contribution is -2.47. The summed E-state index contributed by atoms with van der Waals surface area (Å²) in [5.41, 5.74) is 13.1. The van der Waals surface area contributed by atoms with Crippen LogP contribution in [0.2, 0.25) is 0 Å². The van der Waals surface area contributed by atoms with Crippen LogP contribution in [-0.4, -0.2) is 0 Å². The molecule has 0 amide bonds. The Morgan fingerprint density at radius 3 is 2.12 bits per heavy atom. The van der Waals surface area contributed by atoms with Crippen molar-refractivity contribution in [2.75, 3.05) is 0 Å². The summed E-state index contributed by atoms with van der Waals surface area (Å²) in [6.45, 7) is 39.1. The van der Waals surface area contributed by atoms with Crippen LogP contribution >= 0.6 is 0 Å². The fraction of sp³-hybridized carbons (Fsp3) is 0.816. The molecule has 0 aromatic rings. The van der Waals surface area contributed by atoms with Gasteiger partial charge in [-0.2, -0.15) is 0 Å². The molecular formula is C49H82. The molecule has 0 heterocycles. The zero-order chi connectivity index (χ0) is 36.6. The summed E-state index contributed by atoms with van der Waals surface area (Å²) in [4.78, 5) is 0. The Balaban J connectivity index is 1.23. The lowest BCUT2D eigenvalue weighted by Gasteiger charge is -2.55. The second-order valence-corrected chi connectivity index (χ2v) is 20.4. The third-order valence-corrected chi connectivity index (χ3v) is 16.0. The summed E-state index contributed by atoms with van der Waals surface area (Å²) >= 11 is 0. The predicted molar refractivity (Wildman–Crippen MR) is 217 cm³/mol. The van der Waals surface area contributed by atoms with E-state index in [1.807, 2.05) is 0 Å². The fourth-order valence-corrected chi connectivity index (χ4v) is 11.2. The molecule has 0 spiro atoms. The second-order valence-electron chi connectivity index (χ2n) is 20.4. The number of allylic oxidation sites excluding steroid dienone is 7. The zero-order valence-electron chi connectivity index (χ0n) is 35.7. The number of hydrogen-bond donors (Lipinski definition) is 0. The quantitative estimate of drug-likeness (QED) is 0.107. The summed E-state index contributed by atoms with van der Waals surface area (Å²) in [5.74, 6) is 9.04. The molecule has 3 fully saturated rings. The van der Waals surface area contributed by atoms with Gasteiger partial charge in [0.25, 0.3) is 0 Å². The molecule has 278 valence electrons. The van der Waals surface area contributed by atoms with Crippen LogP contribution in [0.25, 0.3) is 0 Å². The van der Waals surface area contributed by atoms with Gasteiger partial charge in [0.1, 0.15) is 0 Å². The van der Waals surface area contributed by atoms with Gasteiger partial charge in [0.05, 0.1) is 0 Å². The number of rotatable bonds is 17. The minimum atomic E-state index is 0.411. The van der Waals surface area contributed by atoms with Gasteiger partial charge in [-0.05, 0) is 184 Å². The summed E-state index contributed by atoms with van der Waals surface area (Å²) in [5, 5.41) is 0. The van der Waals surface area contributed by atoms with E-state index in [1.54, 1.807) is 27.9 Å². The van der Waals surface area contributed by atoms with Crippen molar-refractivity contribution in [1.29, 1.82) is 0 Å². The highest BCUT2D eigenvalue weighted by molar-refractivity contribution is 5.35. The molecule has 0 heteroatoms. The van der Waals surface area contributed by atoms with Crippen LogP contribution in [0.5, 0.6) is 0 Å². The highest BCUT2D eigenvalue weighted by Gasteiger charge is 2.57. The smallest absolute Gasteiger partial charge is 0.00491 e. The molecule has 4 rings (SSSR count). The third-order valence-electron chi connectivity index (χ3n) is 16.0. The van der Waals surface area contributed by atoms with E-state index in [4.69, 9.17) is 0 Å². The molecule has 4 aliphatic carbocycles. The number of hydrogen-bond acceptors (Lipinski definition) is 0. The van der Waals surface area contributed by atoms with E-state index in [9.17, 15) is 0 Å². The Morgan fingerprint density at radius 2 is 1.59 bits per heavy atom. The van der Waals surface area contributed by atoms with Crippen molar-refractivity contribution in [3.05, 3.63) is 51.8 Å². The Kier molecular flexibility index (Phi) is 13.0. The topological polar surface area (TPSA) is 0 Å². The van der Waals surface area contributed by atoms with Crippen LogP contribution < -0.4 is 0 Å². The molecule has 4 aliphatic rings. The van der Waals surface area contributed by atoms with Gasteiger partial charge in [-0.1, -0.05) is 119 Å². The zero-order valence-corrected chi connectivity index (χ0v) is 35.7. The molecule has 0 radical (unpaired) electrons. The van der Waals surface area contributed by atoms with Crippen LogP contribution in [0, 0.1) is 81.3 Å². The lowest BCUT2D eigenvalue weighted by atomic mass is 9.49. The van der Waals surface area contributed by atoms with Crippen molar-refractivity contribution in [1.82, 2.24) is 0 Å². The first kappa shape index (κ1) is 40.5. The molecule has 0 N–H and O–H groups in total. The standard InChI is InChI=1S/C49H82/c1-17-32(5)33(6)24-34(7)35(8)36(9)37(10)38(11)44-25-43(44)23-31(4)22-42-26-45(39(42)12)48(16)27-41(28-48)21-20-40(18-2)29-49(19-3)30-46(49)47(13,14)15/h21,24,27,31-32,34,37-39,42-46H,17-19,22-23,25-26,28-30H2,1-16H3. The summed E-state index contributed by atoms with van der Waals surface area (Å²) < 4.78 is 0. The Hall–Kier alpha value is -1.26. The summed E-state index contributed by atoms with van der Waals surface area (Å²) in [6, 6.07) is 0. The normalized spacial score (nSPS) is 36.2. The average Bonchev–Trinajstić information content (AvgIpc) is 3.97. The van der Waals surface area contributed by atoms with Crippen molar-refractivity contribution in [3.8, 4) is 0 Å². The van der Waals surface area contributed by atoms with E-state index in [-0.39, 0.29) is 0 Å². The predicted octanol–water partition coefficient (Wildman–Crippen LogP) is 15.2. The summed E-state index contributed by atoms with van der Waals surface area (Å²) in [7, 11) is 0. The van der Waals surface area contributed by atoms with Gasteiger partial charge in [0.2, 0.25) is 0 Å². The van der Waals surface area contributed by atoms with Gasteiger partial charge in [0, 0.05) is 0 Å². The van der Waals surface area contributed by atoms with Crippen molar-refractivity contribution in [2.45, 2.75) is 175 Å². The van der Waals surface area contributed by atoms with E-state index in [1.165, 1.54) is 57.8 Å². The molecule has 0 aromatic heterocycles. The van der Waals surface area contributed by atoms with Crippen molar-refractivity contribution in [3.63, 3.8) is 0 Å². The Morgan fingerprint density at radius 1 is 0.959 bits per heavy atom. The third kappa shape index (κ3) is 9.22. The van der Waals surface area contributed by atoms with E-state index in [0.717, 1.165) is 53.8 Å². The first-order valence-corrected chi connectivity index (χ1v) is 21.3. The first-order chi connectivity index (χ1) is 22.8. The minimum absolute atomic E-state index is 0.411. The maximum absolute atomic E-state index is 3.82. The van der Waals surface area contributed by atoms with E-state index < -0.39 is 0 Å². The fourth-order valence-electron chi connectivity index (χ4n) is 11.2. The monoisotopic (exact) mass is 671 g/mol. The molecule has 0 aromatic carbocycles. The van der Waals surface area contributed by atoms with E-state index >= 15 is 0 Å². The molecule has 0 aliphatic heterocycles. The molecule has 13 unspecified atom stereocenters. The van der Waals surface area contributed by atoms with Gasteiger partial charge >= 0.3 is 0 Å². The molecular weight excluding hydrogens is 589 g/mol. The van der Waals surface area contributed by atoms with Crippen LogP contribution in [0.3, 0.4) is 0 Å². The van der Waals surface area contributed by atoms with Gasteiger partial charge < -0.3 is 0 Å². The first-order valence-electron chi connectivity index (χ1n) is 21.3. The lowest BCUT2D eigenvalue weighted by molar-refractivity contribution is -0.0148. The largest absolute Gasteiger partial charge is 0.121 e. The van der Waals surface area contributed by atoms with E-state index in [2.05, 4.69) is 135 Å². The second kappa shape index (κ2) is 15.8. The maximum atomic E-state index is 3.82. The molecule has 49 heavy (non-hydrogen) atoms. The van der Waals surface area contributed by atoms with Gasteiger partial charge in [-0.25, -0.2) is 0 Å². The SMILES string of the molecule is CCC(=C=CC1=CC(C)(C2CC(CC(C)CC3CC3C(C)C(C)C(C)=C(C)C(C)C=C(C)C(C)CC)C2C)C1)CC1(CC)CC1C(C)(C)C. The van der Waals surface area contributed by atoms with Gasteiger partial charge in [0.15, 0.2) is 0 Å². The van der Waals surface area contributed by atoms with Crippen molar-refractivity contribution in [2.24, 2.45) is 81.3 Å². The highest BCUT2D eigenvalue weighted by Crippen LogP contribution is 2.66. The highest BCUT2D eigenvalue weighted by atomic mass is 14.6. The van der Waals surface area contributed by atoms with Crippen LogP contribution in [0.4, 0.5) is 0 Å². The van der Waals surface area contributed by atoms with Crippen molar-refractivity contribution >= 4 is 0 Å². The van der Waals surface area contributed by atoms with Gasteiger partial charge in [-0.3, -0.25) is 0 Å². The molecule has 0 saturated heterocycles. The maximum Gasteiger partial charge on any atom is -0.00491 e. The minimum Gasteiger partial charge on any atom is -0.121 e. The van der Waals surface area contributed by atoms with Crippen LogP contribution in [0.1, 0.15) is 175 Å². The van der Waals surface area contributed by atoms with Crippen molar-refractivity contribution < 1.29 is 0 Å². The van der Waals surface area contributed by atoms with E-state index in [0.29, 0.717) is 34.0 Å².